The first kappa shape index (κ1) is 16.4. The average molecular weight is 341 g/mol. The zero-order valence-electron chi connectivity index (χ0n) is 14.1. The Bertz CT molecular complexity index is 869. The second kappa shape index (κ2) is 5.87. The maximum absolute atomic E-state index is 12.5. The minimum Gasteiger partial charge on any atom is -0.344 e. The van der Waals surface area contributed by atoms with E-state index in [1.54, 1.807) is 20.2 Å². The smallest absolute Gasteiger partial charge is 0.265 e. The van der Waals surface area contributed by atoms with Gasteiger partial charge in [0, 0.05) is 42.8 Å². The van der Waals surface area contributed by atoms with Crippen molar-refractivity contribution in [2.24, 2.45) is 0 Å². The van der Waals surface area contributed by atoms with Gasteiger partial charge in [0.15, 0.2) is 5.11 Å². The second-order valence-electron chi connectivity index (χ2n) is 6.17. The fourth-order valence-electron chi connectivity index (χ4n) is 2.90. The molecule has 0 aliphatic carbocycles. The van der Waals surface area contributed by atoms with E-state index in [2.05, 4.69) is 18.4 Å². The van der Waals surface area contributed by atoms with E-state index in [1.165, 1.54) is 9.80 Å². The van der Waals surface area contributed by atoms with E-state index in [0.29, 0.717) is 0 Å². The lowest BCUT2D eigenvalue weighted by Gasteiger charge is -2.31. The minimum absolute atomic E-state index is 0.125. The van der Waals surface area contributed by atoms with Gasteiger partial charge >= 0.3 is 0 Å². The largest absolute Gasteiger partial charge is 0.344 e. The van der Waals surface area contributed by atoms with Gasteiger partial charge in [0.2, 0.25) is 0 Å². The maximum Gasteiger partial charge on any atom is 0.265 e. The van der Waals surface area contributed by atoms with Gasteiger partial charge in [-0.2, -0.15) is 0 Å². The van der Waals surface area contributed by atoms with E-state index in [1.807, 2.05) is 30.5 Å². The van der Waals surface area contributed by atoms with Crippen molar-refractivity contribution < 1.29 is 9.59 Å². The van der Waals surface area contributed by atoms with Crippen LogP contribution < -0.4 is 0 Å². The highest BCUT2D eigenvalue weighted by Crippen LogP contribution is 2.27. The molecule has 0 N–H and O–H groups in total. The van der Waals surface area contributed by atoms with Crippen LogP contribution in [0.3, 0.4) is 0 Å². The maximum atomic E-state index is 12.5. The van der Waals surface area contributed by atoms with Crippen molar-refractivity contribution >= 4 is 46.1 Å². The third-order valence-electron chi connectivity index (χ3n) is 4.27. The van der Waals surface area contributed by atoms with Gasteiger partial charge in [-0.25, -0.2) is 0 Å². The molecule has 1 aliphatic heterocycles. The lowest BCUT2D eigenvalue weighted by molar-refractivity contribution is -0.132. The molecule has 6 heteroatoms. The first-order valence-corrected chi connectivity index (χ1v) is 8.15. The number of hydrogen-bond donors (Lipinski definition) is 0. The van der Waals surface area contributed by atoms with Crippen molar-refractivity contribution in [3.63, 3.8) is 0 Å². The number of likely N-dealkylation sites (N-methyl/N-ethyl adjacent to an activating group) is 2. The van der Waals surface area contributed by atoms with Crippen LogP contribution >= 0.6 is 12.2 Å². The molecule has 124 valence electrons. The predicted octanol–water partition coefficient (Wildman–Crippen LogP) is 2.82. The number of nitrogens with zero attached hydrogens (tertiary/aromatic N) is 3. The van der Waals surface area contributed by atoms with E-state index in [4.69, 9.17) is 12.2 Å². The summed E-state index contributed by atoms with van der Waals surface area (Å²) in [6, 6.07) is 8.24. The Morgan fingerprint density at radius 2 is 1.62 bits per heavy atom. The third-order valence-corrected chi connectivity index (χ3v) is 4.82. The molecule has 1 aliphatic rings. The Kier molecular flexibility index (Phi) is 4.01. The molecule has 2 amide bonds. The lowest BCUT2D eigenvalue weighted by Crippen LogP contribution is -2.52. The van der Waals surface area contributed by atoms with Crippen LogP contribution in [0.5, 0.6) is 0 Å². The van der Waals surface area contributed by atoms with Crippen molar-refractivity contribution in [1.82, 2.24) is 14.4 Å². The predicted molar refractivity (Wildman–Crippen MR) is 98.4 cm³/mol. The number of hydrogen-bond acceptors (Lipinski definition) is 3. The van der Waals surface area contributed by atoms with Gasteiger partial charge in [0.1, 0.15) is 5.57 Å². The molecule has 2 aromatic rings. The highest BCUT2D eigenvalue weighted by atomic mass is 32.1. The van der Waals surface area contributed by atoms with Crippen LogP contribution in [0.25, 0.3) is 17.0 Å². The Balaban J connectivity index is 2.18. The second-order valence-corrected chi connectivity index (χ2v) is 6.54. The van der Waals surface area contributed by atoms with Gasteiger partial charge in [-0.1, -0.05) is 18.2 Å². The molecular formula is C18H19N3O2S. The standard InChI is InChI=1S/C18H19N3O2S/c1-11(2)21-10-12(13-7-5-6-8-15(13)21)9-14-16(22)19(3)18(24)20(4)17(14)23/h5-11H,1-4H3. The van der Waals surface area contributed by atoms with Gasteiger partial charge < -0.3 is 4.57 Å². The quantitative estimate of drug-likeness (QED) is 0.479. The fourth-order valence-corrected chi connectivity index (χ4v) is 3.07. The Morgan fingerprint density at radius 1 is 1.04 bits per heavy atom. The zero-order chi connectivity index (χ0) is 17.6. The Labute approximate surface area is 146 Å². The topological polar surface area (TPSA) is 45.6 Å². The average Bonchev–Trinajstić information content (AvgIpc) is 2.94. The van der Waals surface area contributed by atoms with Crippen LogP contribution in [0.1, 0.15) is 25.5 Å². The van der Waals surface area contributed by atoms with E-state index in [9.17, 15) is 9.59 Å². The lowest BCUT2D eigenvalue weighted by atomic mass is 10.1. The van der Waals surface area contributed by atoms with Crippen LogP contribution in [0.4, 0.5) is 0 Å². The number of fused-ring (bicyclic) bond motifs is 1. The molecule has 24 heavy (non-hydrogen) atoms. The van der Waals surface area contributed by atoms with E-state index >= 15 is 0 Å². The minimum atomic E-state index is -0.371. The third kappa shape index (κ3) is 2.43. The molecule has 1 aromatic heterocycles. The molecule has 0 unspecified atom stereocenters. The van der Waals surface area contributed by atoms with Crippen LogP contribution in [-0.2, 0) is 9.59 Å². The molecule has 5 nitrogen and oxygen atoms in total. The number of aromatic nitrogens is 1. The molecule has 1 saturated heterocycles. The van der Waals surface area contributed by atoms with Crippen molar-refractivity contribution in [2.75, 3.05) is 14.1 Å². The molecule has 2 heterocycles. The molecule has 0 atom stereocenters. The van der Waals surface area contributed by atoms with Crippen LogP contribution in [-0.4, -0.2) is 45.4 Å². The summed E-state index contributed by atoms with van der Waals surface area (Å²) in [5.74, 6) is -0.742. The number of carbonyl (C=O) groups is 2. The summed E-state index contributed by atoms with van der Waals surface area (Å²) >= 11 is 5.12. The zero-order valence-corrected chi connectivity index (χ0v) is 14.9. The summed E-state index contributed by atoms with van der Waals surface area (Å²) in [5, 5.41) is 1.23. The molecule has 0 spiro atoms. The first-order chi connectivity index (χ1) is 11.3. The monoisotopic (exact) mass is 341 g/mol. The van der Waals surface area contributed by atoms with Crippen molar-refractivity contribution in [1.29, 1.82) is 0 Å². The molecule has 1 aromatic carbocycles. The molecule has 0 saturated carbocycles. The van der Waals surface area contributed by atoms with Gasteiger partial charge in [0.05, 0.1) is 0 Å². The van der Waals surface area contributed by atoms with Gasteiger partial charge in [-0.3, -0.25) is 19.4 Å². The van der Waals surface area contributed by atoms with Crippen molar-refractivity contribution in [2.45, 2.75) is 19.9 Å². The van der Waals surface area contributed by atoms with Gasteiger partial charge in [0.25, 0.3) is 11.8 Å². The Morgan fingerprint density at radius 3 is 2.21 bits per heavy atom. The molecule has 0 bridgehead atoms. The number of carbonyl (C=O) groups excluding carboxylic acids is 2. The summed E-state index contributed by atoms with van der Waals surface area (Å²) in [6.07, 6.45) is 3.65. The van der Waals surface area contributed by atoms with E-state index in [-0.39, 0.29) is 28.5 Å². The number of rotatable bonds is 2. The molecule has 1 fully saturated rings. The van der Waals surface area contributed by atoms with E-state index in [0.717, 1.165) is 16.5 Å². The summed E-state index contributed by atoms with van der Waals surface area (Å²) < 4.78 is 2.14. The highest BCUT2D eigenvalue weighted by molar-refractivity contribution is 7.80. The molecular weight excluding hydrogens is 322 g/mol. The van der Waals surface area contributed by atoms with Crippen LogP contribution in [0.15, 0.2) is 36.0 Å². The Hall–Kier alpha value is -2.47. The summed E-state index contributed by atoms with van der Waals surface area (Å²) in [5.41, 5.74) is 2.05. The normalized spacial score (nSPS) is 15.9. The van der Waals surface area contributed by atoms with Crippen molar-refractivity contribution in [3.05, 3.63) is 41.6 Å². The SMILES string of the molecule is CC(C)n1cc(C=C2C(=O)N(C)C(=S)N(C)C2=O)c2ccccc21. The van der Waals surface area contributed by atoms with E-state index < -0.39 is 0 Å². The highest BCUT2D eigenvalue weighted by Gasteiger charge is 2.35. The number of benzene rings is 1. The van der Waals surface area contributed by atoms with Gasteiger partial charge in [-0.15, -0.1) is 0 Å². The summed E-state index contributed by atoms with van der Waals surface area (Å²) in [7, 11) is 3.16. The first-order valence-electron chi connectivity index (χ1n) is 7.74. The molecule has 3 rings (SSSR count). The number of amides is 2. The van der Waals surface area contributed by atoms with Crippen LogP contribution in [0.2, 0.25) is 0 Å². The summed E-state index contributed by atoms with van der Waals surface area (Å²) in [4.78, 5) is 27.6. The molecule has 0 radical (unpaired) electrons. The van der Waals surface area contributed by atoms with Crippen molar-refractivity contribution in [3.8, 4) is 0 Å². The number of para-hydroxylation sites is 1. The fraction of sp³-hybridized carbons (Fsp3) is 0.278. The number of thiocarbonyl (C=S) groups is 1. The van der Waals surface area contributed by atoms with Crippen LogP contribution in [0, 0.1) is 0 Å². The van der Waals surface area contributed by atoms with Gasteiger partial charge in [-0.05, 0) is 38.2 Å². The summed E-state index contributed by atoms with van der Waals surface area (Å²) in [6.45, 7) is 4.19.